The summed E-state index contributed by atoms with van der Waals surface area (Å²) in [5, 5.41) is 19.6. The van der Waals surface area contributed by atoms with Crippen molar-refractivity contribution in [2.24, 2.45) is 0 Å². The molecule has 0 bridgehead atoms. The normalized spacial score (nSPS) is 14.1. The van der Waals surface area contributed by atoms with Crippen molar-refractivity contribution in [3.8, 4) is 5.69 Å². The van der Waals surface area contributed by atoms with Crippen LogP contribution in [0.1, 0.15) is 63.5 Å². The van der Waals surface area contributed by atoms with Crippen LogP contribution in [-0.2, 0) is 10.2 Å². The fourth-order valence-electron chi connectivity index (χ4n) is 5.42. The topological polar surface area (TPSA) is 109 Å². The lowest BCUT2D eigenvalue weighted by Crippen LogP contribution is -2.36. The third-order valence-corrected chi connectivity index (χ3v) is 9.04. The molecule has 2 aromatic carbocycles. The van der Waals surface area contributed by atoms with Crippen molar-refractivity contribution in [1.82, 2.24) is 29.3 Å². The van der Waals surface area contributed by atoms with Crippen molar-refractivity contribution in [1.29, 1.82) is 0 Å². The second-order valence-corrected chi connectivity index (χ2v) is 13.7. The maximum Gasteiger partial charge on any atom is 0.324 e. The van der Waals surface area contributed by atoms with Gasteiger partial charge >= 0.3 is 6.03 Å². The Kier molecular flexibility index (Phi) is 8.37. The quantitative estimate of drug-likeness (QED) is 0.210. The van der Waals surface area contributed by atoms with Gasteiger partial charge in [0.05, 0.1) is 11.4 Å². The van der Waals surface area contributed by atoms with Gasteiger partial charge < -0.3 is 10.2 Å². The summed E-state index contributed by atoms with van der Waals surface area (Å²) in [6.45, 7) is 11.5. The van der Waals surface area contributed by atoms with Crippen molar-refractivity contribution in [2.45, 2.75) is 68.6 Å². The van der Waals surface area contributed by atoms with Gasteiger partial charge in [-0.1, -0.05) is 50.2 Å². The minimum absolute atomic E-state index is 0.125. The van der Waals surface area contributed by atoms with E-state index in [2.05, 4.69) is 52.2 Å². The SMILES string of the molecule is CC(=O)N1CCC(c2nnc3ccc(Sc4ccc(NC(=O)Nc5cc(C(C)(C)C)nn5-c5ccc(C)cc5)cc4)cn23)CC1. The van der Waals surface area contributed by atoms with Crippen LogP contribution in [0.25, 0.3) is 11.3 Å². The number of nitrogens with zero attached hydrogens (tertiary/aromatic N) is 6. The van der Waals surface area contributed by atoms with Crippen LogP contribution in [0.2, 0.25) is 0 Å². The molecular formula is C34H38N8O2S. The zero-order chi connectivity index (χ0) is 31.7. The Bertz CT molecular complexity index is 1830. The first-order valence-corrected chi connectivity index (χ1v) is 16.0. The minimum Gasteiger partial charge on any atom is -0.343 e. The highest BCUT2D eigenvalue weighted by atomic mass is 32.2. The van der Waals surface area contributed by atoms with Crippen molar-refractivity contribution in [2.75, 3.05) is 23.7 Å². The van der Waals surface area contributed by atoms with Crippen molar-refractivity contribution < 1.29 is 9.59 Å². The predicted octanol–water partition coefficient (Wildman–Crippen LogP) is 7.04. The number of urea groups is 1. The molecule has 2 N–H and O–H groups in total. The molecule has 0 spiro atoms. The summed E-state index contributed by atoms with van der Waals surface area (Å²) in [5.74, 6) is 1.93. The molecule has 45 heavy (non-hydrogen) atoms. The predicted molar refractivity (Wildman–Crippen MR) is 177 cm³/mol. The van der Waals surface area contributed by atoms with Gasteiger partial charge in [-0.3, -0.25) is 14.5 Å². The van der Waals surface area contributed by atoms with Gasteiger partial charge in [0.15, 0.2) is 5.65 Å². The summed E-state index contributed by atoms with van der Waals surface area (Å²) in [7, 11) is 0. The van der Waals surface area contributed by atoms with Gasteiger partial charge in [0, 0.05) is 59.1 Å². The van der Waals surface area contributed by atoms with Crippen LogP contribution in [0.15, 0.2) is 82.7 Å². The van der Waals surface area contributed by atoms with Gasteiger partial charge in [-0.05, 0) is 68.3 Å². The second kappa shape index (κ2) is 12.4. The number of anilines is 2. The average molecular weight is 623 g/mol. The van der Waals surface area contributed by atoms with Crippen LogP contribution in [0.5, 0.6) is 0 Å². The van der Waals surface area contributed by atoms with E-state index in [9.17, 15) is 9.59 Å². The first kappa shape index (κ1) is 30.4. The number of nitrogens with one attached hydrogen (secondary N) is 2. The van der Waals surface area contributed by atoms with Gasteiger partial charge in [-0.2, -0.15) is 5.10 Å². The molecule has 0 aliphatic carbocycles. The van der Waals surface area contributed by atoms with E-state index in [0.717, 1.165) is 64.1 Å². The second-order valence-electron chi connectivity index (χ2n) is 12.5. The zero-order valence-corrected chi connectivity index (χ0v) is 27.1. The number of piperidine rings is 1. The summed E-state index contributed by atoms with van der Waals surface area (Å²) in [5.41, 5.74) is 4.24. The van der Waals surface area contributed by atoms with Crippen molar-refractivity contribution in [3.63, 3.8) is 0 Å². The molecule has 0 radical (unpaired) electrons. The molecule has 6 rings (SSSR count). The maximum atomic E-state index is 13.1. The molecular weight excluding hydrogens is 584 g/mol. The monoisotopic (exact) mass is 622 g/mol. The fraction of sp³-hybridized carbons (Fsp3) is 0.324. The number of amides is 3. The number of carbonyl (C=O) groups is 2. The molecule has 3 amide bonds. The van der Waals surface area contributed by atoms with Crippen LogP contribution in [-0.4, -0.2) is 54.3 Å². The standard InChI is InChI=1S/C34H38N8O2S/c1-22-6-10-26(11-7-22)42-31(20-29(39-42)34(3,4)5)36-33(44)35-25-8-12-27(13-9-25)45-28-14-15-30-37-38-32(41(30)21-28)24-16-18-40(19-17-24)23(2)43/h6-15,20-21,24H,16-19H2,1-5H3,(H2,35,36,44). The van der Waals surface area contributed by atoms with E-state index >= 15 is 0 Å². The van der Waals surface area contributed by atoms with Gasteiger partial charge in [0.1, 0.15) is 11.6 Å². The number of aryl methyl sites for hydroxylation is 1. The average Bonchev–Trinajstić information content (AvgIpc) is 3.63. The summed E-state index contributed by atoms with van der Waals surface area (Å²) in [4.78, 5) is 28.8. The highest BCUT2D eigenvalue weighted by Crippen LogP contribution is 2.32. The number of likely N-dealkylation sites (tertiary alicyclic amines) is 1. The van der Waals surface area contributed by atoms with E-state index in [1.807, 2.05) is 78.6 Å². The molecule has 10 nitrogen and oxygen atoms in total. The molecule has 1 aliphatic rings. The first-order chi connectivity index (χ1) is 21.5. The van der Waals surface area contributed by atoms with Crippen molar-refractivity contribution in [3.05, 3.63) is 90.0 Å². The Morgan fingerprint density at radius 1 is 0.889 bits per heavy atom. The van der Waals surface area contributed by atoms with Gasteiger partial charge in [-0.15, -0.1) is 10.2 Å². The minimum atomic E-state index is -0.344. The zero-order valence-electron chi connectivity index (χ0n) is 26.2. The van der Waals surface area contributed by atoms with Crippen LogP contribution >= 0.6 is 11.8 Å². The number of rotatable bonds is 6. The van der Waals surface area contributed by atoms with E-state index in [-0.39, 0.29) is 23.3 Å². The van der Waals surface area contributed by atoms with Crippen LogP contribution in [0, 0.1) is 6.92 Å². The Morgan fingerprint density at radius 3 is 2.24 bits per heavy atom. The van der Waals surface area contributed by atoms with E-state index in [1.54, 1.807) is 23.4 Å². The van der Waals surface area contributed by atoms with E-state index in [0.29, 0.717) is 11.5 Å². The molecule has 5 aromatic rings. The summed E-state index contributed by atoms with van der Waals surface area (Å²) < 4.78 is 3.84. The molecule has 3 aromatic heterocycles. The Balaban J connectivity index is 1.12. The van der Waals surface area contributed by atoms with Gasteiger partial charge in [0.2, 0.25) is 5.91 Å². The lowest BCUT2D eigenvalue weighted by Gasteiger charge is -2.30. The van der Waals surface area contributed by atoms with E-state index < -0.39 is 0 Å². The highest BCUT2D eigenvalue weighted by molar-refractivity contribution is 7.99. The Hall–Kier alpha value is -4.64. The first-order valence-electron chi connectivity index (χ1n) is 15.2. The highest BCUT2D eigenvalue weighted by Gasteiger charge is 2.26. The molecule has 4 heterocycles. The van der Waals surface area contributed by atoms with Gasteiger partial charge in [0.25, 0.3) is 0 Å². The number of pyridine rings is 1. The number of hydrogen-bond donors (Lipinski definition) is 2. The van der Waals surface area contributed by atoms with Crippen molar-refractivity contribution >= 4 is 40.9 Å². The molecule has 1 aliphatic heterocycles. The number of benzene rings is 2. The summed E-state index contributed by atoms with van der Waals surface area (Å²) in [6, 6.07) is 21.4. The number of carbonyl (C=O) groups excluding carboxylic acids is 2. The number of fused-ring (bicyclic) bond motifs is 1. The third-order valence-electron chi connectivity index (χ3n) is 8.05. The van der Waals surface area contributed by atoms with E-state index in [4.69, 9.17) is 5.10 Å². The third kappa shape index (κ3) is 6.88. The Morgan fingerprint density at radius 2 is 1.58 bits per heavy atom. The molecule has 0 atom stereocenters. The fourth-order valence-corrected chi connectivity index (χ4v) is 6.26. The lowest BCUT2D eigenvalue weighted by atomic mass is 9.92. The van der Waals surface area contributed by atoms with E-state index in [1.165, 1.54) is 0 Å². The molecule has 1 fully saturated rings. The molecule has 1 saturated heterocycles. The maximum absolute atomic E-state index is 13.1. The molecule has 232 valence electrons. The Labute approximate surface area is 267 Å². The smallest absolute Gasteiger partial charge is 0.324 e. The summed E-state index contributed by atoms with van der Waals surface area (Å²) in [6.07, 6.45) is 3.84. The molecule has 11 heteroatoms. The van der Waals surface area contributed by atoms with Gasteiger partial charge in [-0.25, -0.2) is 9.48 Å². The molecule has 0 unspecified atom stereocenters. The number of aromatic nitrogens is 5. The largest absolute Gasteiger partial charge is 0.343 e. The summed E-state index contributed by atoms with van der Waals surface area (Å²) >= 11 is 1.63. The molecule has 0 saturated carbocycles. The van der Waals surface area contributed by atoms with Crippen LogP contribution in [0.3, 0.4) is 0 Å². The lowest BCUT2D eigenvalue weighted by molar-refractivity contribution is -0.129. The van der Waals surface area contributed by atoms with Crippen LogP contribution in [0.4, 0.5) is 16.3 Å². The number of hydrogen-bond acceptors (Lipinski definition) is 6. The van der Waals surface area contributed by atoms with Crippen LogP contribution < -0.4 is 10.6 Å².